The van der Waals surface area contributed by atoms with Gasteiger partial charge in [-0.2, -0.15) is 0 Å². The molecular weight excluding hydrogens is 210 g/mol. The second-order valence-electron chi connectivity index (χ2n) is 3.88. The summed E-state index contributed by atoms with van der Waals surface area (Å²) < 4.78 is 10.1. The summed E-state index contributed by atoms with van der Waals surface area (Å²) in [6, 6.07) is -0.195. The van der Waals surface area contributed by atoms with Crippen molar-refractivity contribution in [1.82, 2.24) is 10.5 Å². The average Bonchev–Trinajstić information content (AvgIpc) is 2.83. The quantitative estimate of drug-likeness (QED) is 0.793. The van der Waals surface area contributed by atoms with E-state index < -0.39 is 0 Å². The maximum atomic E-state index is 11.6. The van der Waals surface area contributed by atoms with Crippen molar-refractivity contribution < 1.29 is 14.1 Å². The largest absolute Gasteiger partial charge is 0.379 e. The molecule has 2 heterocycles. The lowest BCUT2D eigenvalue weighted by atomic mass is 10.2. The van der Waals surface area contributed by atoms with Gasteiger partial charge in [0.15, 0.2) is 0 Å². The van der Waals surface area contributed by atoms with Crippen LogP contribution in [0.15, 0.2) is 4.52 Å². The van der Waals surface area contributed by atoms with Crippen LogP contribution in [0.4, 0.5) is 10.7 Å². The summed E-state index contributed by atoms with van der Waals surface area (Å²) in [7, 11) is 0. The Morgan fingerprint density at radius 3 is 2.88 bits per heavy atom. The lowest BCUT2D eigenvalue weighted by Gasteiger charge is -2.10. The molecule has 0 bridgehead atoms. The second kappa shape index (κ2) is 4.52. The molecule has 0 radical (unpaired) electrons. The van der Waals surface area contributed by atoms with E-state index in [-0.39, 0.29) is 12.1 Å². The van der Waals surface area contributed by atoms with E-state index in [1.807, 2.05) is 13.8 Å². The van der Waals surface area contributed by atoms with Crippen LogP contribution in [0.25, 0.3) is 0 Å². The van der Waals surface area contributed by atoms with Crippen LogP contribution in [0, 0.1) is 13.8 Å². The first kappa shape index (κ1) is 10.9. The first-order valence-electron chi connectivity index (χ1n) is 5.25. The lowest BCUT2D eigenvalue weighted by Crippen LogP contribution is -2.38. The molecule has 1 aromatic rings. The number of hydrogen-bond acceptors (Lipinski definition) is 4. The van der Waals surface area contributed by atoms with Crippen molar-refractivity contribution in [2.45, 2.75) is 26.3 Å². The van der Waals surface area contributed by atoms with E-state index in [1.165, 1.54) is 0 Å². The van der Waals surface area contributed by atoms with Crippen LogP contribution in [-0.4, -0.2) is 30.4 Å². The molecule has 6 nitrogen and oxygen atoms in total. The minimum atomic E-state index is -0.283. The van der Waals surface area contributed by atoms with Gasteiger partial charge in [-0.25, -0.2) is 4.79 Å². The number of aryl methyl sites for hydroxylation is 1. The van der Waals surface area contributed by atoms with Crippen molar-refractivity contribution in [2.24, 2.45) is 0 Å². The predicted octanol–water partition coefficient (Wildman–Crippen LogP) is 1.20. The van der Waals surface area contributed by atoms with Gasteiger partial charge in [-0.15, -0.1) is 0 Å². The van der Waals surface area contributed by atoms with Crippen LogP contribution < -0.4 is 10.6 Å². The standard InChI is InChI=1S/C10H15N3O3/c1-6-7(2)13-16-9(6)12-10(14)11-8-3-4-15-5-8/h8H,3-5H2,1-2H3,(H2,11,12,14). The fourth-order valence-corrected chi connectivity index (χ4v) is 1.50. The molecule has 2 N–H and O–H groups in total. The fourth-order valence-electron chi connectivity index (χ4n) is 1.50. The van der Waals surface area contributed by atoms with Crippen molar-refractivity contribution in [1.29, 1.82) is 0 Å². The molecule has 1 atom stereocenters. The number of nitrogens with one attached hydrogen (secondary N) is 2. The molecule has 1 aliphatic heterocycles. The number of aromatic nitrogens is 1. The molecule has 6 heteroatoms. The Balaban J connectivity index is 1.89. The first-order chi connectivity index (χ1) is 7.66. The van der Waals surface area contributed by atoms with Crippen LogP contribution >= 0.6 is 0 Å². The second-order valence-corrected chi connectivity index (χ2v) is 3.88. The maximum Gasteiger partial charge on any atom is 0.321 e. The Kier molecular flexibility index (Phi) is 3.09. The topological polar surface area (TPSA) is 76.4 Å². The Morgan fingerprint density at radius 2 is 2.31 bits per heavy atom. The van der Waals surface area contributed by atoms with E-state index in [1.54, 1.807) is 0 Å². The molecule has 2 rings (SSSR count). The van der Waals surface area contributed by atoms with Crippen LogP contribution in [0.2, 0.25) is 0 Å². The van der Waals surface area contributed by atoms with E-state index in [4.69, 9.17) is 9.26 Å². The van der Waals surface area contributed by atoms with Gasteiger partial charge in [-0.1, -0.05) is 5.16 Å². The third-order valence-electron chi connectivity index (χ3n) is 2.65. The summed E-state index contributed by atoms with van der Waals surface area (Å²) >= 11 is 0. The van der Waals surface area contributed by atoms with Crippen LogP contribution in [0.5, 0.6) is 0 Å². The van der Waals surface area contributed by atoms with Crippen molar-refractivity contribution in [3.63, 3.8) is 0 Å². The van der Waals surface area contributed by atoms with E-state index >= 15 is 0 Å². The highest BCUT2D eigenvalue weighted by Gasteiger charge is 2.19. The van der Waals surface area contributed by atoms with E-state index in [0.29, 0.717) is 19.1 Å². The average molecular weight is 225 g/mol. The molecule has 1 aliphatic rings. The summed E-state index contributed by atoms with van der Waals surface area (Å²) in [5, 5.41) is 9.18. The summed E-state index contributed by atoms with van der Waals surface area (Å²) in [5.41, 5.74) is 1.62. The number of rotatable bonds is 2. The Labute approximate surface area is 93.3 Å². The number of carbonyl (C=O) groups is 1. The third kappa shape index (κ3) is 2.33. The number of ether oxygens (including phenoxy) is 1. The molecule has 1 aromatic heterocycles. The molecule has 0 saturated carbocycles. The van der Waals surface area contributed by atoms with Gasteiger partial charge < -0.3 is 14.6 Å². The molecule has 0 aromatic carbocycles. The van der Waals surface area contributed by atoms with Gasteiger partial charge in [-0.3, -0.25) is 5.32 Å². The van der Waals surface area contributed by atoms with Gasteiger partial charge in [0, 0.05) is 12.2 Å². The van der Waals surface area contributed by atoms with Gasteiger partial charge in [-0.05, 0) is 20.3 Å². The fraction of sp³-hybridized carbons (Fsp3) is 0.600. The highest BCUT2D eigenvalue weighted by atomic mass is 16.5. The Bertz CT molecular complexity index is 383. The smallest absolute Gasteiger partial charge is 0.321 e. The number of nitrogens with zero attached hydrogens (tertiary/aromatic N) is 1. The normalized spacial score (nSPS) is 19.8. The van der Waals surface area contributed by atoms with Crippen LogP contribution in [-0.2, 0) is 4.74 Å². The predicted molar refractivity (Wildman–Crippen MR) is 57.4 cm³/mol. The Morgan fingerprint density at radius 1 is 1.50 bits per heavy atom. The summed E-state index contributed by atoms with van der Waals surface area (Å²) in [6.07, 6.45) is 0.849. The molecular formula is C10H15N3O3. The highest BCUT2D eigenvalue weighted by molar-refractivity contribution is 5.88. The van der Waals surface area contributed by atoms with Gasteiger partial charge in [0.2, 0.25) is 5.88 Å². The van der Waals surface area contributed by atoms with Gasteiger partial charge in [0.05, 0.1) is 18.3 Å². The zero-order valence-corrected chi connectivity index (χ0v) is 9.37. The highest BCUT2D eigenvalue weighted by Crippen LogP contribution is 2.17. The monoisotopic (exact) mass is 225 g/mol. The number of carbonyl (C=O) groups excluding carboxylic acids is 1. The molecule has 88 valence electrons. The molecule has 2 amide bonds. The van der Waals surface area contributed by atoms with Crippen molar-refractivity contribution >= 4 is 11.9 Å². The summed E-state index contributed by atoms with van der Waals surface area (Å²) in [5.74, 6) is 0.397. The maximum absolute atomic E-state index is 11.6. The SMILES string of the molecule is Cc1noc(NC(=O)NC2CCOC2)c1C. The molecule has 0 aliphatic carbocycles. The molecule has 0 spiro atoms. The van der Waals surface area contributed by atoms with Gasteiger partial charge in [0.25, 0.3) is 0 Å². The summed E-state index contributed by atoms with van der Waals surface area (Å²) in [4.78, 5) is 11.6. The molecule has 1 saturated heterocycles. The zero-order chi connectivity index (χ0) is 11.5. The number of urea groups is 1. The van der Waals surface area contributed by atoms with Crippen LogP contribution in [0.3, 0.4) is 0 Å². The summed E-state index contributed by atoms with van der Waals surface area (Å²) in [6.45, 7) is 4.94. The van der Waals surface area contributed by atoms with Crippen molar-refractivity contribution in [3.8, 4) is 0 Å². The van der Waals surface area contributed by atoms with Gasteiger partial charge >= 0.3 is 6.03 Å². The minimum absolute atomic E-state index is 0.0873. The molecule has 16 heavy (non-hydrogen) atoms. The third-order valence-corrected chi connectivity index (χ3v) is 2.65. The zero-order valence-electron chi connectivity index (χ0n) is 9.37. The first-order valence-corrected chi connectivity index (χ1v) is 5.25. The van der Waals surface area contributed by atoms with Crippen molar-refractivity contribution in [2.75, 3.05) is 18.5 Å². The molecule has 1 unspecified atom stereocenters. The number of hydrogen-bond donors (Lipinski definition) is 2. The van der Waals surface area contributed by atoms with Crippen molar-refractivity contribution in [3.05, 3.63) is 11.3 Å². The molecule has 1 fully saturated rings. The van der Waals surface area contributed by atoms with E-state index in [9.17, 15) is 4.79 Å². The number of anilines is 1. The van der Waals surface area contributed by atoms with Gasteiger partial charge in [0.1, 0.15) is 0 Å². The lowest BCUT2D eigenvalue weighted by molar-refractivity contribution is 0.189. The van der Waals surface area contributed by atoms with E-state index in [2.05, 4.69) is 15.8 Å². The number of amides is 2. The van der Waals surface area contributed by atoms with E-state index in [0.717, 1.165) is 17.7 Å². The van der Waals surface area contributed by atoms with Crippen LogP contribution in [0.1, 0.15) is 17.7 Å². The Hall–Kier alpha value is -1.56. The minimum Gasteiger partial charge on any atom is -0.379 e.